The van der Waals surface area contributed by atoms with Gasteiger partial charge in [-0.2, -0.15) is 4.37 Å². The number of rotatable bonds is 3. The van der Waals surface area contributed by atoms with Gasteiger partial charge in [0.05, 0.1) is 0 Å². The van der Waals surface area contributed by atoms with E-state index in [1.165, 1.54) is 11.5 Å². The molecule has 0 fully saturated rings. The van der Waals surface area contributed by atoms with Crippen LogP contribution in [0.1, 0.15) is 0 Å². The van der Waals surface area contributed by atoms with Gasteiger partial charge in [-0.1, -0.05) is 0 Å². The van der Waals surface area contributed by atoms with Crippen LogP contribution in [0.4, 0.5) is 0 Å². The molecule has 0 aliphatic rings. The van der Waals surface area contributed by atoms with Gasteiger partial charge in [-0.05, 0) is 0 Å². The fraction of sp³-hybridized carbons (Fsp3) is 0.400. The molecule has 0 saturated heterocycles. The van der Waals surface area contributed by atoms with Crippen molar-refractivity contribution in [3.05, 3.63) is 12.3 Å². The van der Waals surface area contributed by atoms with Crippen molar-refractivity contribution in [3.63, 3.8) is 0 Å². The molecular formula is C5H7NO2S. The van der Waals surface area contributed by atoms with Gasteiger partial charge in [0.2, 0.25) is 0 Å². The van der Waals surface area contributed by atoms with E-state index in [0.29, 0.717) is 6.79 Å². The minimum Gasteiger partial charge on any atom is -0.456 e. The number of hydrogen-bond donors (Lipinski definition) is 0. The second-order valence-corrected chi connectivity index (χ2v) is 2.18. The molecule has 0 N–H and O–H groups in total. The Bertz CT molecular complexity index is 152. The summed E-state index contributed by atoms with van der Waals surface area (Å²) >= 11 is 1.31. The molecule has 4 heteroatoms. The molecule has 9 heavy (non-hydrogen) atoms. The Morgan fingerprint density at radius 1 is 1.78 bits per heavy atom. The maximum absolute atomic E-state index is 5.03. The molecule has 1 aromatic rings. The van der Waals surface area contributed by atoms with Gasteiger partial charge in [0.25, 0.3) is 0 Å². The van der Waals surface area contributed by atoms with Gasteiger partial charge in [-0.15, -0.1) is 0 Å². The van der Waals surface area contributed by atoms with Crippen molar-refractivity contribution < 1.29 is 9.47 Å². The maximum atomic E-state index is 5.03. The van der Waals surface area contributed by atoms with E-state index in [0.717, 1.165) is 5.06 Å². The molecule has 0 amide bonds. The first-order valence-corrected chi connectivity index (χ1v) is 3.23. The summed E-state index contributed by atoms with van der Waals surface area (Å²) in [4.78, 5) is 0. The highest BCUT2D eigenvalue weighted by atomic mass is 32.1. The average Bonchev–Trinajstić information content (AvgIpc) is 2.34. The molecule has 1 aromatic heterocycles. The first-order valence-electron chi connectivity index (χ1n) is 2.46. The Morgan fingerprint density at radius 3 is 3.22 bits per heavy atom. The topological polar surface area (TPSA) is 31.4 Å². The molecular weight excluding hydrogens is 138 g/mol. The van der Waals surface area contributed by atoms with E-state index in [1.54, 1.807) is 19.4 Å². The third-order valence-corrected chi connectivity index (χ3v) is 1.39. The predicted molar refractivity (Wildman–Crippen MR) is 34.6 cm³/mol. The predicted octanol–water partition coefficient (Wildman–Crippen LogP) is 1.13. The highest BCUT2D eigenvalue weighted by Gasteiger charge is 1.90. The lowest BCUT2D eigenvalue weighted by Crippen LogP contribution is -1.96. The van der Waals surface area contributed by atoms with Crippen LogP contribution in [-0.2, 0) is 4.74 Å². The Morgan fingerprint density at radius 2 is 2.67 bits per heavy atom. The van der Waals surface area contributed by atoms with Crippen LogP contribution in [0.25, 0.3) is 0 Å². The van der Waals surface area contributed by atoms with Gasteiger partial charge < -0.3 is 9.47 Å². The van der Waals surface area contributed by atoms with Crippen LogP contribution in [0.2, 0.25) is 0 Å². The molecule has 0 radical (unpaired) electrons. The van der Waals surface area contributed by atoms with Gasteiger partial charge in [-0.25, -0.2) is 0 Å². The van der Waals surface area contributed by atoms with Gasteiger partial charge in [0.15, 0.2) is 11.9 Å². The SMILES string of the molecule is COCOc1ccns1. The lowest BCUT2D eigenvalue weighted by molar-refractivity contribution is 0.0539. The molecule has 0 aliphatic carbocycles. The van der Waals surface area contributed by atoms with Crippen molar-refractivity contribution in [1.29, 1.82) is 0 Å². The van der Waals surface area contributed by atoms with Crippen LogP contribution < -0.4 is 4.74 Å². The van der Waals surface area contributed by atoms with Crippen molar-refractivity contribution in [2.45, 2.75) is 0 Å². The van der Waals surface area contributed by atoms with Crippen LogP contribution in [0.3, 0.4) is 0 Å². The molecule has 3 nitrogen and oxygen atoms in total. The summed E-state index contributed by atoms with van der Waals surface area (Å²) in [5.74, 6) is 0. The summed E-state index contributed by atoms with van der Waals surface area (Å²) in [6.07, 6.45) is 1.69. The Labute approximate surface area is 57.4 Å². The summed E-state index contributed by atoms with van der Waals surface area (Å²) in [6.45, 7) is 0.294. The van der Waals surface area contributed by atoms with E-state index in [-0.39, 0.29) is 0 Å². The molecule has 1 rings (SSSR count). The van der Waals surface area contributed by atoms with E-state index in [1.807, 2.05) is 0 Å². The van der Waals surface area contributed by atoms with Crippen molar-refractivity contribution in [3.8, 4) is 5.06 Å². The van der Waals surface area contributed by atoms with Gasteiger partial charge in [0.1, 0.15) is 0 Å². The second kappa shape index (κ2) is 3.42. The summed E-state index contributed by atoms with van der Waals surface area (Å²) in [7, 11) is 1.58. The number of methoxy groups -OCH3 is 1. The normalized spacial score (nSPS) is 9.44. The van der Waals surface area contributed by atoms with E-state index in [2.05, 4.69) is 9.11 Å². The van der Waals surface area contributed by atoms with Crippen LogP contribution in [0.5, 0.6) is 5.06 Å². The van der Waals surface area contributed by atoms with Gasteiger partial charge >= 0.3 is 0 Å². The molecule has 0 unspecified atom stereocenters. The van der Waals surface area contributed by atoms with E-state index in [9.17, 15) is 0 Å². The van der Waals surface area contributed by atoms with Crippen LogP contribution >= 0.6 is 11.5 Å². The molecule has 0 bridgehead atoms. The Hall–Kier alpha value is -0.610. The quantitative estimate of drug-likeness (QED) is 0.597. The van der Waals surface area contributed by atoms with E-state index < -0.39 is 0 Å². The number of aromatic nitrogens is 1. The number of ether oxygens (including phenoxy) is 2. The van der Waals surface area contributed by atoms with Gasteiger partial charge in [-0.3, -0.25) is 0 Å². The first-order chi connectivity index (χ1) is 4.43. The highest BCUT2D eigenvalue weighted by Crippen LogP contribution is 2.13. The molecule has 50 valence electrons. The Kier molecular flexibility index (Phi) is 2.48. The Balaban J connectivity index is 2.30. The lowest BCUT2D eigenvalue weighted by Gasteiger charge is -1.97. The van der Waals surface area contributed by atoms with Crippen LogP contribution in [-0.4, -0.2) is 18.3 Å². The molecule has 1 heterocycles. The first kappa shape index (κ1) is 6.51. The van der Waals surface area contributed by atoms with E-state index >= 15 is 0 Å². The lowest BCUT2D eigenvalue weighted by atomic mass is 10.7. The van der Waals surface area contributed by atoms with E-state index in [4.69, 9.17) is 4.74 Å². The fourth-order valence-corrected chi connectivity index (χ4v) is 0.844. The molecule has 0 spiro atoms. The zero-order valence-corrected chi connectivity index (χ0v) is 5.85. The second-order valence-electron chi connectivity index (χ2n) is 1.38. The summed E-state index contributed by atoms with van der Waals surface area (Å²) < 4.78 is 13.5. The minimum absolute atomic E-state index is 0.294. The fourth-order valence-electron chi connectivity index (χ4n) is 0.396. The molecule has 0 saturated carbocycles. The maximum Gasteiger partial charge on any atom is 0.196 e. The molecule has 0 aromatic carbocycles. The standard InChI is InChI=1S/C5H7NO2S/c1-7-4-8-5-2-3-6-9-5/h2-3H,4H2,1H3. The largest absolute Gasteiger partial charge is 0.456 e. The highest BCUT2D eigenvalue weighted by molar-refractivity contribution is 7.07. The molecule has 0 atom stereocenters. The van der Waals surface area contributed by atoms with Crippen molar-refractivity contribution >= 4 is 11.5 Å². The summed E-state index contributed by atoms with van der Waals surface area (Å²) in [5.41, 5.74) is 0. The number of hydrogen-bond acceptors (Lipinski definition) is 4. The minimum atomic E-state index is 0.294. The summed E-state index contributed by atoms with van der Waals surface area (Å²) in [5, 5.41) is 0.789. The third-order valence-electron chi connectivity index (χ3n) is 0.733. The van der Waals surface area contributed by atoms with Crippen LogP contribution in [0, 0.1) is 0 Å². The summed E-state index contributed by atoms with van der Waals surface area (Å²) in [6, 6.07) is 1.80. The zero-order chi connectivity index (χ0) is 6.53. The van der Waals surface area contributed by atoms with Gasteiger partial charge in [0, 0.05) is 30.9 Å². The van der Waals surface area contributed by atoms with Crippen molar-refractivity contribution in [2.75, 3.05) is 13.9 Å². The smallest absolute Gasteiger partial charge is 0.196 e. The van der Waals surface area contributed by atoms with Crippen LogP contribution in [0.15, 0.2) is 12.3 Å². The van der Waals surface area contributed by atoms with Crippen molar-refractivity contribution in [2.24, 2.45) is 0 Å². The molecule has 0 aliphatic heterocycles. The van der Waals surface area contributed by atoms with Crippen molar-refractivity contribution in [1.82, 2.24) is 4.37 Å². The average molecular weight is 145 g/mol. The monoisotopic (exact) mass is 145 g/mol. The third kappa shape index (κ3) is 1.99. The zero-order valence-electron chi connectivity index (χ0n) is 5.03. The number of nitrogens with zero attached hydrogens (tertiary/aromatic N) is 1.